The molecule has 0 aromatic heterocycles. The van der Waals surface area contributed by atoms with Crippen molar-refractivity contribution in [3.05, 3.63) is 12.4 Å². The van der Waals surface area contributed by atoms with Crippen LogP contribution in [0.15, 0.2) is 12.4 Å². The Bertz CT molecular complexity index is 276. The number of carbonyl (C=O) groups is 2. The monoisotopic (exact) mass is 212 g/mol. The van der Waals surface area contributed by atoms with Crippen molar-refractivity contribution < 1.29 is 14.3 Å². The number of ketones is 1. The van der Waals surface area contributed by atoms with E-state index >= 15 is 0 Å². The Labute approximate surface area is 89.3 Å². The van der Waals surface area contributed by atoms with E-state index in [4.69, 9.17) is 4.74 Å². The molecule has 0 spiro atoms. The van der Waals surface area contributed by atoms with Gasteiger partial charge in [-0.05, 0) is 6.92 Å². The summed E-state index contributed by atoms with van der Waals surface area (Å²) in [5.74, 6) is -0.351. The van der Waals surface area contributed by atoms with Gasteiger partial charge in [0.2, 0.25) is 0 Å². The second-order valence-corrected chi connectivity index (χ2v) is 3.65. The molecule has 0 aliphatic carbocycles. The molecule has 0 atom stereocenters. The van der Waals surface area contributed by atoms with Crippen molar-refractivity contribution in [2.75, 3.05) is 14.1 Å². The maximum Gasteiger partial charge on any atom is 0.309 e. The Morgan fingerprint density at radius 2 is 1.73 bits per heavy atom. The van der Waals surface area contributed by atoms with Crippen molar-refractivity contribution in [2.24, 2.45) is 0 Å². The van der Waals surface area contributed by atoms with Crippen molar-refractivity contribution in [3.8, 4) is 0 Å². The van der Waals surface area contributed by atoms with Gasteiger partial charge in [0.05, 0.1) is 6.42 Å². The molecule has 0 fully saturated rings. The van der Waals surface area contributed by atoms with Crippen LogP contribution in [0.3, 0.4) is 0 Å². The molecule has 5 heteroatoms. The van der Waals surface area contributed by atoms with Crippen LogP contribution in [0.25, 0.3) is 0 Å². The lowest BCUT2D eigenvalue weighted by atomic mass is 10.2. The summed E-state index contributed by atoms with van der Waals surface area (Å²) in [5, 5.41) is 0. The summed E-state index contributed by atoms with van der Waals surface area (Å²) in [6.45, 7) is 1.46. The van der Waals surface area contributed by atoms with Gasteiger partial charge < -0.3 is 19.3 Å². The Hall–Kier alpha value is -1.52. The van der Waals surface area contributed by atoms with Crippen LogP contribution in [0.2, 0.25) is 0 Å². The van der Waals surface area contributed by atoms with Crippen molar-refractivity contribution in [1.29, 1.82) is 0 Å². The van der Waals surface area contributed by atoms with E-state index in [0.29, 0.717) is 0 Å². The van der Waals surface area contributed by atoms with E-state index in [0.717, 1.165) is 0 Å². The van der Waals surface area contributed by atoms with Crippen LogP contribution < -0.4 is 0 Å². The molecule has 0 radical (unpaired) electrons. The smallest absolute Gasteiger partial charge is 0.309 e. The van der Waals surface area contributed by atoms with Crippen LogP contribution in [-0.4, -0.2) is 42.0 Å². The lowest BCUT2D eigenvalue weighted by Gasteiger charge is -2.26. The zero-order chi connectivity index (χ0) is 11.4. The molecule has 0 bridgehead atoms. The molecule has 0 saturated carbocycles. The largest absolute Gasteiger partial charge is 0.422 e. The molecule has 1 aliphatic rings. The molecule has 1 rings (SSSR count). The van der Waals surface area contributed by atoms with Crippen LogP contribution in [0.1, 0.15) is 19.8 Å². The van der Waals surface area contributed by atoms with Gasteiger partial charge in [0.15, 0.2) is 0 Å². The minimum Gasteiger partial charge on any atom is -0.422 e. The van der Waals surface area contributed by atoms with Gasteiger partial charge in [0.25, 0.3) is 6.35 Å². The predicted molar refractivity (Wildman–Crippen MR) is 54.5 cm³/mol. The molecule has 84 valence electrons. The third kappa shape index (κ3) is 3.27. The minimum absolute atomic E-state index is 0.00166. The molecule has 1 heterocycles. The van der Waals surface area contributed by atoms with Crippen LogP contribution in [0.4, 0.5) is 0 Å². The first kappa shape index (κ1) is 11.6. The summed E-state index contributed by atoms with van der Waals surface area (Å²) in [6, 6.07) is 0. The highest BCUT2D eigenvalue weighted by molar-refractivity contribution is 5.81. The molecule has 1 aliphatic heterocycles. The Kier molecular flexibility index (Phi) is 3.71. The number of hydrogen-bond donors (Lipinski definition) is 0. The van der Waals surface area contributed by atoms with E-state index in [1.54, 1.807) is 9.80 Å². The Morgan fingerprint density at radius 3 is 2.20 bits per heavy atom. The molecule has 0 amide bonds. The van der Waals surface area contributed by atoms with Gasteiger partial charge in [0.1, 0.15) is 5.78 Å². The second-order valence-electron chi connectivity index (χ2n) is 3.65. The molecule has 0 saturated heterocycles. The van der Waals surface area contributed by atoms with Crippen molar-refractivity contribution in [2.45, 2.75) is 26.1 Å². The van der Waals surface area contributed by atoms with Crippen LogP contribution in [0.5, 0.6) is 0 Å². The average molecular weight is 212 g/mol. The van der Waals surface area contributed by atoms with E-state index in [9.17, 15) is 9.59 Å². The number of Topliss-reactive ketones (excluding diaryl/α,β-unsaturated/α-hetero) is 1. The standard InChI is InChI=1S/C10H16N2O3/c1-8(13)4-5-9(14)15-10-11(2)6-7-12(10)3/h6-7,10H,4-5H2,1-3H3. The van der Waals surface area contributed by atoms with E-state index in [1.807, 2.05) is 26.5 Å². The van der Waals surface area contributed by atoms with E-state index in [2.05, 4.69) is 0 Å². The topological polar surface area (TPSA) is 49.9 Å². The molecule has 5 nitrogen and oxygen atoms in total. The third-order valence-corrected chi connectivity index (χ3v) is 2.15. The molecule has 0 N–H and O–H groups in total. The second kappa shape index (κ2) is 4.82. The van der Waals surface area contributed by atoms with Gasteiger partial charge in [-0.15, -0.1) is 0 Å². The molecular weight excluding hydrogens is 196 g/mol. The normalized spacial score (nSPS) is 15.9. The zero-order valence-corrected chi connectivity index (χ0v) is 9.27. The summed E-state index contributed by atoms with van der Waals surface area (Å²) < 4.78 is 5.18. The first-order valence-electron chi connectivity index (χ1n) is 4.82. The maximum absolute atomic E-state index is 11.3. The fraction of sp³-hybridized carbons (Fsp3) is 0.600. The van der Waals surface area contributed by atoms with E-state index < -0.39 is 0 Å². The maximum atomic E-state index is 11.3. The summed E-state index contributed by atoms with van der Waals surface area (Å²) in [4.78, 5) is 25.6. The van der Waals surface area contributed by atoms with Gasteiger partial charge in [0, 0.05) is 32.9 Å². The van der Waals surface area contributed by atoms with Gasteiger partial charge in [-0.2, -0.15) is 0 Å². The first-order chi connectivity index (χ1) is 7.00. The lowest BCUT2D eigenvalue weighted by molar-refractivity contribution is -0.166. The van der Waals surface area contributed by atoms with Gasteiger partial charge >= 0.3 is 5.97 Å². The Balaban J connectivity index is 2.35. The van der Waals surface area contributed by atoms with Crippen molar-refractivity contribution in [1.82, 2.24) is 9.80 Å². The molecule has 0 aromatic rings. The van der Waals surface area contributed by atoms with Crippen LogP contribution >= 0.6 is 0 Å². The average Bonchev–Trinajstić information content (AvgIpc) is 2.46. The zero-order valence-electron chi connectivity index (χ0n) is 9.27. The first-order valence-corrected chi connectivity index (χ1v) is 4.82. The quantitative estimate of drug-likeness (QED) is 0.636. The van der Waals surface area contributed by atoms with Crippen LogP contribution in [0, 0.1) is 0 Å². The number of carbonyl (C=O) groups excluding carboxylic acids is 2. The summed E-state index contributed by atoms with van der Waals surface area (Å²) in [6.07, 6.45) is 3.65. The fourth-order valence-corrected chi connectivity index (χ4v) is 1.27. The van der Waals surface area contributed by atoms with E-state index in [-0.39, 0.29) is 30.9 Å². The highest BCUT2D eigenvalue weighted by atomic mass is 16.6. The summed E-state index contributed by atoms with van der Waals surface area (Å²) in [5.41, 5.74) is 0. The minimum atomic E-state index is -0.385. The van der Waals surface area contributed by atoms with Crippen molar-refractivity contribution in [3.63, 3.8) is 0 Å². The number of rotatable bonds is 4. The van der Waals surface area contributed by atoms with Crippen LogP contribution in [-0.2, 0) is 14.3 Å². The third-order valence-electron chi connectivity index (χ3n) is 2.15. The summed E-state index contributed by atoms with van der Waals surface area (Å²) in [7, 11) is 3.64. The molecule has 15 heavy (non-hydrogen) atoms. The van der Waals surface area contributed by atoms with Crippen molar-refractivity contribution >= 4 is 11.8 Å². The molecule has 0 aromatic carbocycles. The highest BCUT2D eigenvalue weighted by Gasteiger charge is 2.24. The Morgan fingerprint density at radius 1 is 1.20 bits per heavy atom. The highest BCUT2D eigenvalue weighted by Crippen LogP contribution is 2.13. The number of hydrogen-bond acceptors (Lipinski definition) is 5. The van der Waals surface area contributed by atoms with Gasteiger partial charge in [-0.3, -0.25) is 4.79 Å². The predicted octanol–water partition coefficient (Wildman–Crippen LogP) is 0.531. The van der Waals surface area contributed by atoms with E-state index in [1.165, 1.54) is 6.92 Å². The van der Waals surface area contributed by atoms with Gasteiger partial charge in [-0.1, -0.05) is 0 Å². The lowest BCUT2D eigenvalue weighted by Crippen LogP contribution is -2.38. The number of esters is 1. The molecular formula is C10H16N2O3. The van der Waals surface area contributed by atoms with Gasteiger partial charge in [-0.25, -0.2) is 0 Å². The summed E-state index contributed by atoms with van der Waals surface area (Å²) >= 11 is 0. The molecule has 0 unspecified atom stereocenters. The SMILES string of the molecule is CC(=O)CCC(=O)OC1N(C)C=CN1C. The number of ether oxygens (including phenoxy) is 1. The fourth-order valence-electron chi connectivity index (χ4n) is 1.27. The number of nitrogens with zero attached hydrogens (tertiary/aromatic N) is 2.